The molecule has 4 heteroatoms. The number of rotatable bonds is 4. The Bertz CT molecular complexity index is 432. The molecular formula is C16H24O4. The molecule has 112 valence electrons. The quantitative estimate of drug-likeness (QED) is 0.743. The molecule has 3 fully saturated rings. The molecule has 0 radical (unpaired) electrons. The minimum Gasteiger partial charge on any atom is -0.465 e. The fourth-order valence-electron chi connectivity index (χ4n) is 5.49. The lowest BCUT2D eigenvalue weighted by atomic mass is 9.60. The van der Waals surface area contributed by atoms with Crippen LogP contribution in [0.4, 0.5) is 0 Å². The van der Waals surface area contributed by atoms with Crippen LogP contribution in [0.25, 0.3) is 0 Å². The van der Waals surface area contributed by atoms with Crippen LogP contribution in [0.15, 0.2) is 0 Å². The van der Waals surface area contributed by atoms with Gasteiger partial charge in [-0.05, 0) is 43.9 Å². The maximum atomic E-state index is 11.3. The Morgan fingerprint density at radius 1 is 1.05 bits per heavy atom. The summed E-state index contributed by atoms with van der Waals surface area (Å²) in [6.07, 6.45) is 7.07. The maximum absolute atomic E-state index is 11.3. The van der Waals surface area contributed by atoms with Crippen LogP contribution in [0, 0.1) is 22.7 Å². The fraction of sp³-hybridized carbons (Fsp3) is 0.875. The van der Waals surface area contributed by atoms with Gasteiger partial charge in [0, 0.05) is 24.7 Å². The molecule has 0 aromatic heterocycles. The van der Waals surface area contributed by atoms with Gasteiger partial charge in [-0.3, -0.25) is 9.59 Å². The molecule has 0 aromatic rings. The predicted octanol–water partition coefficient (Wildman–Crippen LogP) is 2.70. The van der Waals surface area contributed by atoms with Crippen LogP contribution < -0.4 is 0 Å². The van der Waals surface area contributed by atoms with Gasteiger partial charge in [0.1, 0.15) is 0 Å². The van der Waals surface area contributed by atoms with Crippen molar-refractivity contribution >= 4 is 11.9 Å². The van der Waals surface area contributed by atoms with Crippen LogP contribution in [0.2, 0.25) is 0 Å². The molecule has 3 aliphatic rings. The Morgan fingerprint density at radius 2 is 1.75 bits per heavy atom. The third-order valence-corrected chi connectivity index (χ3v) is 6.20. The van der Waals surface area contributed by atoms with E-state index in [9.17, 15) is 9.59 Å². The van der Waals surface area contributed by atoms with E-state index in [1.54, 1.807) is 0 Å². The molecule has 4 nitrogen and oxygen atoms in total. The fourth-order valence-corrected chi connectivity index (χ4v) is 5.49. The average molecular weight is 280 g/mol. The van der Waals surface area contributed by atoms with Crippen LogP contribution >= 0.6 is 0 Å². The molecule has 3 rings (SSSR count). The second-order valence-electron chi connectivity index (χ2n) is 7.00. The molecule has 2 bridgehead atoms. The van der Waals surface area contributed by atoms with E-state index in [4.69, 9.17) is 9.47 Å². The van der Waals surface area contributed by atoms with Crippen LogP contribution in [-0.2, 0) is 19.1 Å². The molecule has 20 heavy (non-hydrogen) atoms. The second kappa shape index (κ2) is 4.74. The Morgan fingerprint density at radius 3 is 2.45 bits per heavy atom. The molecule has 0 spiro atoms. The minimum atomic E-state index is -0.202. The molecule has 0 N–H and O–H groups in total. The highest BCUT2D eigenvalue weighted by molar-refractivity contribution is 5.66. The van der Waals surface area contributed by atoms with Gasteiger partial charge in [-0.1, -0.05) is 6.42 Å². The number of carbonyl (C=O) groups excluding carboxylic acids is 2. The summed E-state index contributed by atoms with van der Waals surface area (Å²) in [4.78, 5) is 22.5. The van der Waals surface area contributed by atoms with Crippen molar-refractivity contribution in [3.8, 4) is 0 Å². The van der Waals surface area contributed by atoms with E-state index in [0.29, 0.717) is 19.1 Å². The summed E-state index contributed by atoms with van der Waals surface area (Å²) in [5.74, 6) is 0.997. The van der Waals surface area contributed by atoms with Gasteiger partial charge in [-0.25, -0.2) is 0 Å². The monoisotopic (exact) mass is 280 g/mol. The molecule has 0 aromatic carbocycles. The third kappa shape index (κ3) is 1.87. The molecular weight excluding hydrogens is 256 g/mol. The number of esters is 2. The largest absolute Gasteiger partial charge is 0.465 e. The summed E-state index contributed by atoms with van der Waals surface area (Å²) < 4.78 is 10.8. The van der Waals surface area contributed by atoms with Crippen molar-refractivity contribution in [1.29, 1.82) is 0 Å². The SMILES string of the molecule is CC(=O)OCC12CCC(C1)C1CCCC12COC(C)=O. The average Bonchev–Trinajstić information content (AvgIpc) is 3.04. The molecule has 3 saturated carbocycles. The smallest absolute Gasteiger partial charge is 0.302 e. The van der Waals surface area contributed by atoms with Crippen LogP contribution in [0.1, 0.15) is 52.4 Å². The maximum Gasteiger partial charge on any atom is 0.302 e. The number of hydrogen-bond donors (Lipinski definition) is 0. The van der Waals surface area contributed by atoms with E-state index in [2.05, 4.69) is 0 Å². The Balaban J connectivity index is 1.85. The van der Waals surface area contributed by atoms with E-state index < -0.39 is 0 Å². The van der Waals surface area contributed by atoms with E-state index in [0.717, 1.165) is 25.2 Å². The number of fused-ring (bicyclic) bond motifs is 5. The molecule has 4 unspecified atom stereocenters. The molecule has 0 aliphatic heterocycles. The van der Waals surface area contributed by atoms with Crippen molar-refractivity contribution < 1.29 is 19.1 Å². The van der Waals surface area contributed by atoms with Gasteiger partial charge in [0.05, 0.1) is 13.2 Å². The number of ether oxygens (including phenoxy) is 2. The summed E-state index contributed by atoms with van der Waals surface area (Å²) in [6, 6.07) is 0. The second-order valence-corrected chi connectivity index (χ2v) is 7.00. The highest BCUT2D eigenvalue weighted by Gasteiger charge is 2.68. The van der Waals surface area contributed by atoms with Crippen molar-refractivity contribution in [3.05, 3.63) is 0 Å². The highest BCUT2D eigenvalue weighted by Crippen LogP contribution is 2.72. The van der Waals surface area contributed by atoms with Gasteiger partial charge < -0.3 is 9.47 Å². The normalized spacial score (nSPS) is 41.5. The Labute approximate surface area is 120 Å². The standard InChI is InChI=1S/C16H24O4/c1-11(17)19-9-15-7-5-13(8-15)14-4-3-6-16(14,15)10-20-12(2)18/h13-14H,3-10H2,1-2H3. The van der Waals surface area contributed by atoms with Gasteiger partial charge >= 0.3 is 11.9 Å². The third-order valence-electron chi connectivity index (χ3n) is 6.20. The zero-order valence-corrected chi connectivity index (χ0v) is 12.4. The first-order valence-electron chi connectivity index (χ1n) is 7.76. The molecule has 0 amide bonds. The summed E-state index contributed by atoms with van der Waals surface area (Å²) in [7, 11) is 0. The first-order valence-corrected chi connectivity index (χ1v) is 7.76. The zero-order valence-electron chi connectivity index (χ0n) is 12.4. The summed E-state index contributed by atoms with van der Waals surface area (Å²) in [5, 5.41) is 0. The van der Waals surface area contributed by atoms with E-state index in [-0.39, 0.29) is 22.8 Å². The highest BCUT2D eigenvalue weighted by atomic mass is 16.5. The van der Waals surface area contributed by atoms with Crippen LogP contribution in [0.3, 0.4) is 0 Å². The molecule has 0 saturated heterocycles. The number of hydrogen-bond acceptors (Lipinski definition) is 4. The van der Waals surface area contributed by atoms with Crippen molar-refractivity contribution in [1.82, 2.24) is 0 Å². The van der Waals surface area contributed by atoms with Gasteiger partial charge in [0.15, 0.2) is 0 Å². The lowest BCUT2D eigenvalue weighted by Gasteiger charge is -2.47. The summed E-state index contributed by atoms with van der Waals surface area (Å²) in [5.41, 5.74) is 0.122. The van der Waals surface area contributed by atoms with E-state index >= 15 is 0 Å². The van der Waals surface area contributed by atoms with Crippen LogP contribution in [-0.4, -0.2) is 25.2 Å². The van der Waals surface area contributed by atoms with Crippen molar-refractivity contribution in [2.24, 2.45) is 22.7 Å². The van der Waals surface area contributed by atoms with Crippen molar-refractivity contribution in [3.63, 3.8) is 0 Å². The van der Waals surface area contributed by atoms with Gasteiger partial charge in [0.25, 0.3) is 0 Å². The Kier molecular flexibility index (Phi) is 3.30. The van der Waals surface area contributed by atoms with Crippen molar-refractivity contribution in [2.45, 2.75) is 52.4 Å². The van der Waals surface area contributed by atoms with Crippen LogP contribution in [0.5, 0.6) is 0 Å². The van der Waals surface area contributed by atoms with Gasteiger partial charge in [-0.2, -0.15) is 0 Å². The van der Waals surface area contributed by atoms with E-state index in [1.807, 2.05) is 0 Å². The molecule has 4 atom stereocenters. The predicted molar refractivity (Wildman–Crippen MR) is 72.8 cm³/mol. The van der Waals surface area contributed by atoms with Crippen molar-refractivity contribution in [2.75, 3.05) is 13.2 Å². The number of carbonyl (C=O) groups is 2. The topological polar surface area (TPSA) is 52.6 Å². The summed E-state index contributed by atoms with van der Waals surface area (Å²) >= 11 is 0. The Hall–Kier alpha value is -1.06. The molecule has 0 heterocycles. The lowest BCUT2D eigenvalue weighted by molar-refractivity contribution is -0.160. The van der Waals surface area contributed by atoms with E-state index in [1.165, 1.54) is 33.1 Å². The van der Waals surface area contributed by atoms with Gasteiger partial charge in [-0.15, -0.1) is 0 Å². The summed E-state index contributed by atoms with van der Waals surface area (Å²) in [6.45, 7) is 3.98. The zero-order chi connectivity index (χ0) is 14.4. The first-order chi connectivity index (χ1) is 9.49. The molecule has 3 aliphatic carbocycles. The van der Waals surface area contributed by atoms with Gasteiger partial charge in [0.2, 0.25) is 0 Å². The first kappa shape index (κ1) is 13.9. The minimum absolute atomic E-state index is 0.0555. The lowest BCUT2D eigenvalue weighted by Crippen LogP contribution is -2.47.